The maximum Gasteiger partial charge on any atom is 0.253 e. The van der Waals surface area contributed by atoms with Crippen molar-refractivity contribution >= 4 is 22.8 Å². The molecule has 0 radical (unpaired) electrons. The van der Waals surface area contributed by atoms with E-state index in [4.69, 9.17) is 0 Å². The summed E-state index contributed by atoms with van der Waals surface area (Å²) >= 11 is 0. The molecule has 1 aliphatic rings. The molecule has 7 heteroatoms. The van der Waals surface area contributed by atoms with Crippen LogP contribution in [0.2, 0.25) is 0 Å². The SMILES string of the molecule is Cc1nc2ccc(C(=O)N3CCCN(C(=O)c4ccc(F)cc4)CC3)cc2nc1C. The predicted octanol–water partition coefficient (Wildman–Crippen LogP) is 3.37. The zero-order valence-electron chi connectivity index (χ0n) is 17.1. The van der Waals surface area contributed by atoms with Crippen LogP contribution in [0.1, 0.15) is 38.5 Å². The third-order valence-electron chi connectivity index (χ3n) is 5.48. The van der Waals surface area contributed by atoms with Crippen molar-refractivity contribution in [2.24, 2.45) is 0 Å². The summed E-state index contributed by atoms with van der Waals surface area (Å²) in [6.45, 7) is 5.83. The summed E-state index contributed by atoms with van der Waals surface area (Å²) in [6, 6.07) is 10.9. The number of nitrogens with zero attached hydrogens (tertiary/aromatic N) is 4. The summed E-state index contributed by atoms with van der Waals surface area (Å²) in [5.41, 5.74) is 4.21. The van der Waals surface area contributed by atoms with Gasteiger partial charge in [0.15, 0.2) is 0 Å². The van der Waals surface area contributed by atoms with E-state index >= 15 is 0 Å². The highest BCUT2D eigenvalue weighted by atomic mass is 19.1. The molecule has 1 fully saturated rings. The summed E-state index contributed by atoms with van der Waals surface area (Å²) in [4.78, 5) is 38.3. The van der Waals surface area contributed by atoms with Crippen molar-refractivity contribution in [3.05, 3.63) is 70.8 Å². The second-order valence-electron chi connectivity index (χ2n) is 7.54. The number of benzene rings is 2. The average Bonchev–Trinajstić information content (AvgIpc) is 3.00. The molecule has 0 saturated carbocycles. The quantitative estimate of drug-likeness (QED) is 0.655. The largest absolute Gasteiger partial charge is 0.337 e. The first-order chi connectivity index (χ1) is 14.4. The van der Waals surface area contributed by atoms with Crippen LogP contribution in [-0.2, 0) is 0 Å². The Bertz CT molecular complexity index is 1110. The van der Waals surface area contributed by atoms with Crippen LogP contribution in [-0.4, -0.2) is 57.8 Å². The first kappa shape index (κ1) is 19.9. The van der Waals surface area contributed by atoms with Crippen LogP contribution in [0.25, 0.3) is 11.0 Å². The van der Waals surface area contributed by atoms with Crippen molar-refractivity contribution in [1.29, 1.82) is 0 Å². The molecular formula is C23H23FN4O2. The van der Waals surface area contributed by atoms with E-state index in [0.717, 1.165) is 16.9 Å². The van der Waals surface area contributed by atoms with Crippen LogP contribution >= 0.6 is 0 Å². The Kier molecular flexibility index (Phi) is 5.44. The molecule has 1 saturated heterocycles. The van der Waals surface area contributed by atoms with Crippen LogP contribution in [0.4, 0.5) is 4.39 Å². The highest BCUT2D eigenvalue weighted by molar-refractivity contribution is 5.97. The van der Waals surface area contributed by atoms with E-state index in [-0.39, 0.29) is 17.6 Å². The molecule has 0 atom stereocenters. The second-order valence-corrected chi connectivity index (χ2v) is 7.54. The van der Waals surface area contributed by atoms with Crippen LogP contribution in [0.3, 0.4) is 0 Å². The molecule has 154 valence electrons. The summed E-state index contributed by atoms with van der Waals surface area (Å²) < 4.78 is 13.1. The summed E-state index contributed by atoms with van der Waals surface area (Å²) in [6.07, 6.45) is 0.685. The van der Waals surface area contributed by atoms with Gasteiger partial charge in [0.25, 0.3) is 11.8 Å². The smallest absolute Gasteiger partial charge is 0.253 e. The zero-order valence-corrected chi connectivity index (χ0v) is 17.1. The number of aromatic nitrogens is 2. The van der Waals surface area contributed by atoms with Crippen LogP contribution in [0.5, 0.6) is 0 Å². The standard InChI is InChI=1S/C23H23FN4O2/c1-15-16(2)26-21-14-18(6-9-20(21)25-15)23(30)28-11-3-10-27(12-13-28)22(29)17-4-7-19(24)8-5-17/h4-9,14H,3,10-13H2,1-2H3. The zero-order chi connectivity index (χ0) is 21.3. The molecular weight excluding hydrogens is 383 g/mol. The van der Waals surface area contributed by atoms with Gasteiger partial charge in [-0.3, -0.25) is 9.59 Å². The lowest BCUT2D eigenvalue weighted by Gasteiger charge is -2.22. The number of carbonyl (C=O) groups is 2. The Hall–Kier alpha value is -3.35. The van der Waals surface area contributed by atoms with Crippen molar-refractivity contribution in [2.45, 2.75) is 20.3 Å². The molecule has 0 bridgehead atoms. The van der Waals surface area contributed by atoms with Gasteiger partial charge in [0.1, 0.15) is 5.82 Å². The lowest BCUT2D eigenvalue weighted by molar-refractivity contribution is 0.0719. The highest BCUT2D eigenvalue weighted by Crippen LogP contribution is 2.17. The van der Waals surface area contributed by atoms with Crippen molar-refractivity contribution in [3.8, 4) is 0 Å². The first-order valence-corrected chi connectivity index (χ1v) is 10.0. The molecule has 0 aliphatic carbocycles. The van der Waals surface area contributed by atoms with Gasteiger partial charge in [-0.05, 0) is 62.7 Å². The van der Waals surface area contributed by atoms with E-state index < -0.39 is 0 Å². The van der Waals surface area contributed by atoms with E-state index in [2.05, 4.69) is 9.97 Å². The Morgan fingerprint density at radius 2 is 1.30 bits per heavy atom. The molecule has 0 N–H and O–H groups in total. The van der Waals surface area contributed by atoms with Gasteiger partial charge in [-0.25, -0.2) is 14.4 Å². The van der Waals surface area contributed by atoms with Gasteiger partial charge in [0.2, 0.25) is 0 Å². The normalized spacial score (nSPS) is 14.6. The molecule has 0 spiro atoms. The number of hydrogen-bond acceptors (Lipinski definition) is 4. The van der Waals surface area contributed by atoms with Gasteiger partial charge in [-0.2, -0.15) is 0 Å². The third-order valence-corrected chi connectivity index (χ3v) is 5.48. The Labute approximate surface area is 174 Å². The van der Waals surface area contributed by atoms with Crippen LogP contribution < -0.4 is 0 Å². The fourth-order valence-electron chi connectivity index (χ4n) is 3.64. The van der Waals surface area contributed by atoms with Gasteiger partial charge in [0, 0.05) is 37.3 Å². The Morgan fingerprint density at radius 1 is 0.767 bits per heavy atom. The number of aryl methyl sites for hydroxylation is 2. The van der Waals surface area contributed by atoms with Crippen molar-refractivity contribution in [1.82, 2.24) is 19.8 Å². The van der Waals surface area contributed by atoms with Crippen molar-refractivity contribution in [2.75, 3.05) is 26.2 Å². The summed E-state index contributed by atoms with van der Waals surface area (Å²) in [5, 5.41) is 0. The van der Waals surface area contributed by atoms with Crippen LogP contribution in [0.15, 0.2) is 42.5 Å². The predicted molar refractivity (Wildman–Crippen MR) is 112 cm³/mol. The molecule has 1 aromatic heterocycles. The summed E-state index contributed by atoms with van der Waals surface area (Å²) in [7, 11) is 0. The van der Waals surface area contributed by atoms with Crippen LogP contribution in [0, 0.1) is 19.7 Å². The lowest BCUT2D eigenvalue weighted by Crippen LogP contribution is -2.37. The summed E-state index contributed by atoms with van der Waals surface area (Å²) in [5.74, 6) is -0.589. The van der Waals surface area contributed by atoms with E-state index in [0.29, 0.717) is 49.2 Å². The molecule has 0 unspecified atom stereocenters. The van der Waals surface area contributed by atoms with E-state index in [1.165, 1.54) is 24.3 Å². The molecule has 30 heavy (non-hydrogen) atoms. The third kappa shape index (κ3) is 4.01. The Morgan fingerprint density at radius 3 is 1.93 bits per heavy atom. The van der Waals surface area contributed by atoms with E-state index in [1.807, 2.05) is 19.9 Å². The lowest BCUT2D eigenvalue weighted by atomic mass is 10.1. The minimum absolute atomic E-state index is 0.0759. The fraction of sp³-hybridized carbons (Fsp3) is 0.304. The molecule has 1 aliphatic heterocycles. The monoisotopic (exact) mass is 406 g/mol. The topological polar surface area (TPSA) is 66.4 Å². The number of hydrogen-bond donors (Lipinski definition) is 0. The Balaban J connectivity index is 1.48. The van der Waals surface area contributed by atoms with E-state index in [9.17, 15) is 14.0 Å². The number of halogens is 1. The van der Waals surface area contributed by atoms with Gasteiger partial charge >= 0.3 is 0 Å². The minimum Gasteiger partial charge on any atom is -0.337 e. The van der Waals surface area contributed by atoms with Gasteiger partial charge in [-0.15, -0.1) is 0 Å². The average molecular weight is 406 g/mol. The number of fused-ring (bicyclic) bond motifs is 1. The fourth-order valence-corrected chi connectivity index (χ4v) is 3.64. The van der Waals surface area contributed by atoms with Gasteiger partial charge < -0.3 is 9.80 Å². The number of carbonyl (C=O) groups excluding carboxylic acids is 2. The maximum absolute atomic E-state index is 13.1. The van der Waals surface area contributed by atoms with Gasteiger partial charge in [0.05, 0.1) is 22.4 Å². The molecule has 3 aromatic rings. The molecule has 2 amide bonds. The maximum atomic E-state index is 13.1. The molecule has 4 rings (SSSR count). The van der Waals surface area contributed by atoms with Gasteiger partial charge in [-0.1, -0.05) is 0 Å². The first-order valence-electron chi connectivity index (χ1n) is 10.0. The minimum atomic E-state index is -0.371. The molecule has 2 aromatic carbocycles. The highest BCUT2D eigenvalue weighted by Gasteiger charge is 2.24. The van der Waals surface area contributed by atoms with Crippen molar-refractivity contribution in [3.63, 3.8) is 0 Å². The van der Waals surface area contributed by atoms with E-state index in [1.54, 1.807) is 21.9 Å². The number of rotatable bonds is 2. The molecule has 2 heterocycles. The molecule has 6 nitrogen and oxygen atoms in total. The van der Waals surface area contributed by atoms with Crippen molar-refractivity contribution < 1.29 is 14.0 Å². The second kappa shape index (κ2) is 8.18. The number of amides is 2.